The van der Waals surface area contributed by atoms with Crippen molar-refractivity contribution in [3.8, 4) is 0 Å². The first-order valence-electron chi connectivity index (χ1n) is 3.64. The van der Waals surface area contributed by atoms with Gasteiger partial charge in [-0.25, -0.2) is 0 Å². The summed E-state index contributed by atoms with van der Waals surface area (Å²) in [5, 5.41) is 0. The Morgan fingerprint density at radius 1 is 1.22 bits per heavy atom. The van der Waals surface area contributed by atoms with Crippen LogP contribution in [0.5, 0.6) is 0 Å². The summed E-state index contributed by atoms with van der Waals surface area (Å²) in [5.74, 6) is 0. The van der Waals surface area contributed by atoms with Crippen molar-refractivity contribution in [2.24, 2.45) is 0 Å². The zero-order valence-electron chi connectivity index (χ0n) is 7.36. The van der Waals surface area contributed by atoms with Crippen molar-refractivity contribution >= 4 is 8.07 Å². The van der Waals surface area contributed by atoms with Crippen LogP contribution in [0, 0.1) is 0 Å². The maximum Gasteiger partial charge on any atom is 0.0599 e. The zero-order chi connectivity index (χ0) is 7.49. The maximum atomic E-state index is 2.40. The number of nitrogens with zero attached hydrogens (tertiary/aromatic N) is 1. The molecule has 0 N–H and O–H groups in total. The first-order chi connectivity index (χ1) is 3.95. The SMILES string of the molecule is CCN(C)C[Si](C)(C)C. The molecular formula is C7H19NSi. The Morgan fingerprint density at radius 3 is 1.78 bits per heavy atom. The van der Waals surface area contributed by atoms with Gasteiger partial charge in [0.15, 0.2) is 0 Å². The molecule has 0 saturated heterocycles. The summed E-state index contributed by atoms with van der Waals surface area (Å²) < 4.78 is 0. The summed E-state index contributed by atoms with van der Waals surface area (Å²) in [5.41, 5.74) is 0. The third kappa shape index (κ3) is 6.06. The summed E-state index contributed by atoms with van der Waals surface area (Å²) in [4.78, 5) is 2.40. The zero-order valence-corrected chi connectivity index (χ0v) is 8.36. The van der Waals surface area contributed by atoms with E-state index in [1.165, 1.54) is 12.7 Å². The van der Waals surface area contributed by atoms with Crippen LogP contribution in [0.4, 0.5) is 0 Å². The smallest absolute Gasteiger partial charge is 0.0599 e. The molecule has 0 aromatic carbocycles. The van der Waals surface area contributed by atoms with Gasteiger partial charge in [0.25, 0.3) is 0 Å². The van der Waals surface area contributed by atoms with Crippen molar-refractivity contribution in [1.29, 1.82) is 0 Å². The minimum absolute atomic E-state index is 0.815. The summed E-state index contributed by atoms with van der Waals surface area (Å²) in [6.45, 7) is 10.6. The van der Waals surface area contributed by atoms with Gasteiger partial charge in [0.1, 0.15) is 0 Å². The normalized spacial score (nSPS) is 12.7. The molecule has 0 fully saturated rings. The Hall–Kier alpha value is 0.177. The number of hydrogen-bond acceptors (Lipinski definition) is 1. The van der Waals surface area contributed by atoms with Gasteiger partial charge in [-0.05, 0) is 19.8 Å². The van der Waals surface area contributed by atoms with Gasteiger partial charge >= 0.3 is 0 Å². The van der Waals surface area contributed by atoms with E-state index in [0.717, 1.165) is 0 Å². The molecule has 2 heteroatoms. The highest BCUT2D eigenvalue weighted by Crippen LogP contribution is 2.01. The van der Waals surface area contributed by atoms with E-state index in [9.17, 15) is 0 Å². The third-order valence-corrected chi connectivity index (χ3v) is 2.77. The fourth-order valence-electron chi connectivity index (χ4n) is 0.922. The molecule has 56 valence electrons. The first-order valence-corrected chi connectivity index (χ1v) is 7.35. The van der Waals surface area contributed by atoms with Gasteiger partial charge in [0, 0.05) is 0 Å². The molecule has 0 aliphatic rings. The molecule has 0 saturated carbocycles. The van der Waals surface area contributed by atoms with Gasteiger partial charge in [-0.1, -0.05) is 26.6 Å². The van der Waals surface area contributed by atoms with Crippen LogP contribution in [0.25, 0.3) is 0 Å². The van der Waals surface area contributed by atoms with E-state index in [4.69, 9.17) is 0 Å². The number of hydrogen-bond donors (Lipinski definition) is 0. The fraction of sp³-hybridized carbons (Fsp3) is 1.00. The van der Waals surface area contributed by atoms with Gasteiger partial charge in [-0.2, -0.15) is 0 Å². The average molecular weight is 145 g/mol. The summed E-state index contributed by atoms with van der Waals surface area (Å²) in [6, 6.07) is 0. The van der Waals surface area contributed by atoms with Crippen molar-refractivity contribution in [2.45, 2.75) is 26.6 Å². The lowest BCUT2D eigenvalue weighted by molar-refractivity contribution is 0.405. The summed E-state index contributed by atoms with van der Waals surface area (Å²) >= 11 is 0. The molecule has 0 aromatic rings. The van der Waals surface area contributed by atoms with Crippen LogP contribution < -0.4 is 0 Å². The molecule has 0 rings (SSSR count). The molecule has 0 aliphatic carbocycles. The highest BCUT2D eigenvalue weighted by Gasteiger charge is 2.14. The highest BCUT2D eigenvalue weighted by molar-refractivity contribution is 6.76. The van der Waals surface area contributed by atoms with Crippen LogP contribution in [-0.2, 0) is 0 Å². The molecule has 1 nitrogen and oxygen atoms in total. The van der Waals surface area contributed by atoms with Crippen LogP contribution in [0.3, 0.4) is 0 Å². The predicted molar refractivity (Wildman–Crippen MR) is 46.5 cm³/mol. The Morgan fingerprint density at radius 2 is 1.67 bits per heavy atom. The lowest BCUT2D eigenvalue weighted by atomic mass is 10.7. The van der Waals surface area contributed by atoms with Gasteiger partial charge in [-0.15, -0.1) is 0 Å². The van der Waals surface area contributed by atoms with Gasteiger partial charge < -0.3 is 4.90 Å². The Bertz CT molecular complexity index is 75.5. The first kappa shape index (κ1) is 9.18. The minimum Gasteiger partial charge on any atom is -0.309 e. The fourth-order valence-corrected chi connectivity index (χ4v) is 2.76. The van der Waals surface area contributed by atoms with Crippen LogP contribution >= 0.6 is 0 Å². The lowest BCUT2D eigenvalue weighted by Crippen LogP contribution is -2.37. The maximum absolute atomic E-state index is 2.40. The molecule has 0 aliphatic heterocycles. The Kier molecular flexibility index (Phi) is 3.44. The molecule has 0 amide bonds. The molecule has 0 aromatic heterocycles. The molecule has 0 heterocycles. The monoisotopic (exact) mass is 145 g/mol. The summed E-state index contributed by atoms with van der Waals surface area (Å²) in [6.07, 6.45) is 1.32. The van der Waals surface area contributed by atoms with Crippen LogP contribution in [0.15, 0.2) is 0 Å². The van der Waals surface area contributed by atoms with Crippen LogP contribution in [0.2, 0.25) is 19.6 Å². The van der Waals surface area contributed by atoms with Gasteiger partial charge in [0.2, 0.25) is 0 Å². The molecule has 0 unspecified atom stereocenters. The largest absolute Gasteiger partial charge is 0.309 e. The van der Waals surface area contributed by atoms with E-state index < -0.39 is 8.07 Å². The molecule has 0 spiro atoms. The van der Waals surface area contributed by atoms with Crippen molar-refractivity contribution < 1.29 is 0 Å². The number of rotatable bonds is 3. The van der Waals surface area contributed by atoms with Crippen molar-refractivity contribution in [3.05, 3.63) is 0 Å². The Balaban J connectivity index is 3.47. The second-order valence-electron chi connectivity index (χ2n) is 3.89. The topological polar surface area (TPSA) is 3.24 Å². The van der Waals surface area contributed by atoms with E-state index in [0.29, 0.717) is 0 Å². The summed E-state index contributed by atoms with van der Waals surface area (Å²) in [7, 11) is 1.38. The standard InChI is InChI=1S/C7H19NSi/c1-6-8(2)7-9(3,4)5/h6-7H2,1-5H3. The molecule has 0 bridgehead atoms. The highest BCUT2D eigenvalue weighted by atomic mass is 28.3. The van der Waals surface area contributed by atoms with E-state index in [2.05, 4.69) is 38.5 Å². The van der Waals surface area contributed by atoms with E-state index in [1.54, 1.807) is 0 Å². The Labute approximate surface area is 60.1 Å². The average Bonchev–Trinajstić information content (AvgIpc) is 1.62. The van der Waals surface area contributed by atoms with E-state index in [1.807, 2.05) is 0 Å². The van der Waals surface area contributed by atoms with Crippen molar-refractivity contribution in [2.75, 3.05) is 19.8 Å². The minimum atomic E-state index is -0.815. The lowest BCUT2D eigenvalue weighted by Gasteiger charge is -2.23. The molecule has 0 radical (unpaired) electrons. The second-order valence-corrected chi connectivity index (χ2v) is 9.33. The van der Waals surface area contributed by atoms with Crippen molar-refractivity contribution in [1.82, 2.24) is 4.90 Å². The van der Waals surface area contributed by atoms with Crippen LogP contribution in [0.1, 0.15) is 6.92 Å². The molecule has 0 atom stereocenters. The van der Waals surface area contributed by atoms with Crippen molar-refractivity contribution in [3.63, 3.8) is 0 Å². The second kappa shape index (κ2) is 3.37. The van der Waals surface area contributed by atoms with Gasteiger partial charge in [-0.3, -0.25) is 0 Å². The quantitative estimate of drug-likeness (QED) is 0.548. The van der Waals surface area contributed by atoms with Gasteiger partial charge in [0.05, 0.1) is 8.07 Å². The van der Waals surface area contributed by atoms with E-state index >= 15 is 0 Å². The predicted octanol–water partition coefficient (Wildman–Crippen LogP) is 1.82. The molecule has 9 heavy (non-hydrogen) atoms. The molecular weight excluding hydrogens is 126 g/mol. The third-order valence-electron chi connectivity index (χ3n) is 1.28. The van der Waals surface area contributed by atoms with Crippen LogP contribution in [-0.4, -0.2) is 32.7 Å². The van der Waals surface area contributed by atoms with E-state index in [-0.39, 0.29) is 0 Å².